The van der Waals surface area contributed by atoms with Crippen molar-refractivity contribution in [3.05, 3.63) is 22.9 Å². The fourth-order valence-electron chi connectivity index (χ4n) is 3.07. The van der Waals surface area contributed by atoms with E-state index in [-0.39, 0.29) is 61.5 Å². The molecule has 2 rings (SSSR count). The van der Waals surface area contributed by atoms with Gasteiger partial charge in [-0.05, 0) is 33.4 Å². The molecule has 0 saturated heterocycles. The smallest absolute Gasteiger partial charge is 0.305 e. The van der Waals surface area contributed by atoms with Crippen molar-refractivity contribution in [1.82, 2.24) is 14.7 Å². The van der Waals surface area contributed by atoms with Crippen LogP contribution in [0.25, 0.3) is 0 Å². The van der Waals surface area contributed by atoms with Crippen LogP contribution >= 0.6 is 22.6 Å². The molecule has 0 amide bonds. The molecule has 0 aliphatic carbocycles. The Kier molecular flexibility index (Phi) is 6.02. The van der Waals surface area contributed by atoms with Gasteiger partial charge in [-0.15, -0.1) is 6.92 Å². The third kappa shape index (κ3) is 2.83. The Morgan fingerprint density at radius 2 is 2.00 bits per heavy atom. The number of rotatable bonds is 1. The van der Waals surface area contributed by atoms with Gasteiger partial charge in [0.05, 0.1) is 0 Å². The number of hydrogen-bond donors (Lipinski definition) is 0. The second-order valence-corrected chi connectivity index (χ2v) is 6.59. The van der Waals surface area contributed by atoms with Crippen molar-refractivity contribution < 1.29 is 55.8 Å². The molecule has 19 heavy (non-hydrogen) atoms. The van der Waals surface area contributed by atoms with E-state index in [2.05, 4.69) is 34.6 Å². The van der Waals surface area contributed by atoms with Crippen LogP contribution in [0.4, 0.5) is 4.39 Å². The minimum atomic E-state index is -1.47. The first-order chi connectivity index (χ1) is 8.19. The van der Waals surface area contributed by atoms with Crippen molar-refractivity contribution >= 4 is 22.6 Å². The van der Waals surface area contributed by atoms with Crippen LogP contribution in [-0.4, -0.2) is 24.8 Å². The first-order valence-electron chi connectivity index (χ1n) is 6.19. The molecule has 1 aliphatic rings. The van der Waals surface area contributed by atoms with E-state index in [1.807, 2.05) is 32.7 Å². The van der Waals surface area contributed by atoms with Crippen molar-refractivity contribution in [2.45, 2.75) is 50.5 Å². The summed E-state index contributed by atoms with van der Waals surface area (Å²) in [4.78, 5) is 1.92. The molecule has 0 spiro atoms. The molecule has 102 valence electrons. The summed E-state index contributed by atoms with van der Waals surface area (Å²) in [5, 5.41) is 4.39. The quantitative estimate of drug-likeness (QED) is 0.221. The van der Waals surface area contributed by atoms with Crippen molar-refractivity contribution in [1.29, 1.82) is 0 Å². The molecule has 1 aliphatic heterocycles. The summed E-state index contributed by atoms with van der Waals surface area (Å²) in [5.41, 5.74) is 2.46. The third-order valence-electron chi connectivity index (χ3n) is 3.69. The van der Waals surface area contributed by atoms with Crippen LogP contribution in [0, 0.1) is 12.8 Å². The van der Waals surface area contributed by atoms with Crippen molar-refractivity contribution in [2.24, 2.45) is 7.05 Å². The summed E-state index contributed by atoms with van der Waals surface area (Å²) < 4.78 is 17.2. The van der Waals surface area contributed by atoms with Crippen LogP contribution < -0.4 is 51.4 Å². The van der Waals surface area contributed by atoms with E-state index in [9.17, 15) is 0 Å². The third-order valence-corrected chi connectivity index (χ3v) is 5.23. The maximum Gasteiger partial charge on any atom is 1.00 e. The van der Waals surface area contributed by atoms with Gasteiger partial charge in [0.1, 0.15) is 5.79 Å². The van der Waals surface area contributed by atoms with Gasteiger partial charge in [-0.3, -0.25) is 4.90 Å². The Balaban J connectivity index is 0.00000180. The van der Waals surface area contributed by atoms with E-state index in [0.717, 1.165) is 17.0 Å². The molecule has 6 heteroatoms. The number of fused-ring (bicyclic) bond motifs is 1. The Hall–Kier alpha value is 1.34. The molecule has 0 saturated carbocycles. The number of aryl methyl sites for hydroxylation is 2. The van der Waals surface area contributed by atoms with E-state index in [1.54, 1.807) is 11.6 Å². The molecule has 0 aromatic carbocycles. The van der Waals surface area contributed by atoms with Gasteiger partial charge in [-0.25, -0.2) is 9.49 Å². The Bertz CT molecular complexity index is 473. The van der Waals surface area contributed by atoms with Gasteiger partial charge in [0, 0.05) is 17.1 Å². The number of hydrogen-bond acceptors (Lipinski definition) is 2. The molecule has 2 unspecified atom stereocenters. The number of alkyl halides is 2. The van der Waals surface area contributed by atoms with Crippen molar-refractivity contribution in [3.63, 3.8) is 0 Å². The zero-order valence-corrected chi connectivity index (χ0v) is 18.0. The largest absolute Gasteiger partial charge is 1.00 e. The molecule has 1 aromatic heterocycles. The average Bonchev–Trinajstić information content (AvgIpc) is 2.50. The van der Waals surface area contributed by atoms with E-state index in [0.29, 0.717) is 0 Å². The molecule has 3 nitrogen and oxygen atoms in total. The van der Waals surface area contributed by atoms with Crippen LogP contribution in [0.3, 0.4) is 0 Å². The zero-order valence-electron chi connectivity index (χ0n) is 12.8. The van der Waals surface area contributed by atoms with Crippen LogP contribution in [-0.2, 0) is 12.8 Å². The standard InChI is InChI=1S/C13H20FIN3.K/c1-7(2)18-12(15)8(3)11-10(13(18,5)14)9(4)16-17(11)6;/h7,12H,1-6H3;/q-1;+1. The number of aromatic nitrogens is 2. The van der Waals surface area contributed by atoms with E-state index < -0.39 is 5.79 Å². The predicted octanol–water partition coefficient (Wildman–Crippen LogP) is 0.302. The van der Waals surface area contributed by atoms with Gasteiger partial charge in [-0.2, -0.15) is 5.92 Å². The van der Waals surface area contributed by atoms with Crippen molar-refractivity contribution in [3.8, 4) is 0 Å². The molecule has 0 bridgehead atoms. The fourth-order valence-corrected chi connectivity index (χ4v) is 4.53. The predicted molar refractivity (Wildman–Crippen MR) is 79.2 cm³/mol. The maximum atomic E-state index is 15.3. The van der Waals surface area contributed by atoms with Crippen LogP contribution in [0.5, 0.6) is 0 Å². The summed E-state index contributed by atoms with van der Waals surface area (Å²) in [6.07, 6.45) is 0. The van der Waals surface area contributed by atoms with Gasteiger partial charge >= 0.3 is 51.4 Å². The van der Waals surface area contributed by atoms with Gasteiger partial charge in [0.2, 0.25) is 0 Å². The van der Waals surface area contributed by atoms with E-state index in [4.69, 9.17) is 0 Å². The SMILES string of the molecule is Cc1nn(C)c2c1C(C)(F)N(C(C)C)C(I)[C-]2C.[K+]. The summed E-state index contributed by atoms with van der Waals surface area (Å²) in [5.74, 6) is -0.287. The minimum absolute atomic E-state index is 0. The van der Waals surface area contributed by atoms with Gasteiger partial charge < -0.3 is 4.68 Å². The second kappa shape index (κ2) is 6.22. The normalized spacial score (nSPS) is 27.4. The monoisotopic (exact) mass is 403 g/mol. The summed E-state index contributed by atoms with van der Waals surface area (Å²) >= 11 is 2.32. The Labute approximate surface area is 171 Å². The van der Waals surface area contributed by atoms with Gasteiger partial charge in [0.25, 0.3) is 0 Å². The molecule has 2 atom stereocenters. The number of halogens is 2. The molecular weight excluding hydrogens is 383 g/mol. The maximum absolute atomic E-state index is 15.3. The summed E-state index contributed by atoms with van der Waals surface area (Å²) in [6, 6.07) is 0.143. The number of nitrogens with zero attached hydrogens (tertiary/aromatic N) is 3. The Morgan fingerprint density at radius 1 is 1.47 bits per heavy atom. The first-order valence-corrected chi connectivity index (χ1v) is 7.43. The van der Waals surface area contributed by atoms with Gasteiger partial charge in [0.15, 0.2) is 0 Å². The molecule has 2 heterocycles. The first kappa shape index (κ1) is 18.4. The van der Waals surface area contributed by atoms with Crippen molar-refractivity contribution in [2.75, 3.05) is 0 Å². The molecule has 1 aromatic rings. The minimum Gasteiger partial charge on any atom is -0.305 e. The average molecular weight is 403 g/mol. The second-order valence-electron chi connectivity index (χ2n) is 5.41. The fraction of sp³-hybridized carbons (Fsp3) is 0.692. The molecule has 0 radical (unpaired) electrons. The zero-order chi connectivity index (χ0) is 13.8. The topological polar surface area (TPSA) is 21.1 Å². The van der Waals surface area contributed by atoms with Crippen LogP contribution in [0.1, 0.15) is 44.6 Å². The summed E-state index contributed by atoms with van der Waals surface area (Å²) in [6.45, 7) is 9.68. The van der Waals surface area contributed by atoms with E-state index in [1.165, 1.54) is 5.92 Å². The molecular formula is C13H20FIKN3. The molecule has 0 N–H and O–H groups in total. The van der Waals surface area contributed by atoms with Crippen LogP contribution in [0.15, 0.2) is 0 Å². The molecule has 0 fully saturated rings. The van der Waals surface area contributed by atoms with E-state index >= 15 is 4.39 Å². The van der Waals surface area contributed by atoms with Crippen LogP contribution in [0.2, 0.25) is 0 Å². The summed E-state index contributed by atoms with van der Waals surface area (Å²) in [7, 11) is 1.89. The van der Waals surface area contributed by atoms with Gasteiger partial charge in [-0.1, -0.05) is 33.8 Å². The Morgan fingerprint density at radius 3 is 2.47 bits per heavy atom.